The van der Waals surface area contributed by atoms with Crippen molar-refractivity contribution in [2.45, 2.75) is 12.8 Å². The first kappa shape index (κ1) is 12.8. The van der Waals surface area contributed by atoms with E-state index in [0.29, 0.717) is 12.1 Å². The quantitative estimate of drug-likeness (QED) is 0.743. The van der Waals surface area contributed by atoms with Crippen molar-refractivity contribution in [2.24, 2.45) is 5.92 Å². The molecule has 1 amide bonds. The van der Waals surface area contributed by atoms with Crippen molar-refractivity contribution >= 4 is 18.0 Å². The predicted molar refractivity (Wildman–Crippen MR) is 70.6 cm³/mol. The van der Waals surface area contributed by atoms with E-state index in [0.717, 1.165) is 31.5 Å². The highest BCUT2D eigenvalue weighted by Gasteiger charge is 2.20. The molecular formula is C12H19N5O. The van der Waals surface area contributed by atoms with Gasteiger partial charge in [-0.1, -0.05) is 0 Å². The van der Waals surface area contributed by atoms with Crippen LogP contribution in [0, 0.1) is 5.92 Å². The van der Waals surface area contributed by atoms with E-state index in [1.165, 1.54) is 12.8 Å². The van der Waals surface area contributed by atoms with Crippen LogP contribution in [0.3, 0.4) is 0 Å². The lowest BCUT2D eigenvalue weighted by molar-refractivity contribution is -0.105. The van der Waals surface area contributed by atoms with E-state index >= 15 is 0 Å². The first-order chi connectivity index (χ1) is 8.83. The Bertz CT molecular complexity index is 373. The summed E-state index contributed by atoms with van der Waals surface area (Å²) < 4.78 is 0. The molecule has 6 heteroatoms. The molecule has 6 nitrogen and oxygen atoms in total. The van der Waals surface area contributed by atoms with Crippen LogP contribution in [-0.2, 0) is 4.79 Å². The van der Waals surface area contributed by atoms with Gasteiger partial charge in [0.1, 0.15) is 0 Å². The molecule has 18 heavy (non-hydrogen) atoms. The van der Waals surface area contributed by atoms with E-state index in [4.69, 9.17) is 0 Å². The molecule has 0 unspecified atom stereocenters. The maximum absolute atomic E-state index is 10.3. The maximum Gasteiger partial charge on any atom is 0.225 e. The lowest BCUT2D eigenvalue weighted by Gasteiger charge is -2.31. The maximum atomic E-state index is 10.3. The van der Waals surface area contributed by atoms with Gasteiger partial charge in [0.15, 0.2) is 0 Å². The topological polar surface area (TPSA) is 70.2 Å². The summed E-state index contributed by atoms with van der Waals surface area (Å²) >= 11 is 0. The molecule has 0 spiro atoms. The normalized spacial score (nSPS) is 16.6. The fraction of sp³-hybridized carbons (Fsp3) is 0.583. The summed E-state index contributed by atoms with van der Waals surface area (Å²) in [4.78, 5) is 21.0. The number of aromatic nitrogens is 2. The first-order valence-electron chi connectivity index (χ1n) is 6.25. The van der Waals surface area contributed by atoms with Crippen molar-refractivity contribution < 1.29 is 4.79 Å². The second-order valence-electron chi connectivity index (χ2n) is 4.52. The smallest absolute Gasteiger partial charge is 0.225 e. The predicted octanol–water partition coefficient (Wildman–Crippen LogP) is 0.481. The molecule has 1 aliphatic heterocycles. The van der Waals surface area contributed by atoms with Crippen LogP contribution in [0.15, 0.2) is 12.4 Å². The fourth-order valence-electron chi connectivity index (χ4n) is 2.25. The highest BCUT2D eigenvalue weighted by atomic mass is 16.1. The Balaban J connectivity index is 1.90. The molecule has 2 heterocycles. The van der Waals surface area contributed by atoms with Gasteiger partial charge in [0.05, 0.1) is 18.1 Å². The molecule has 0 radical (unpaired) electrons. The summed E-state index contributed by atoms with van der Waals surface area (Å²) in [5, 5.41) is 5.75. The Hall–Kier alpha value is -1.69. The van der Waals surface area contributed by atoms with Crippen LogP contribution >= 0.6 is 0 Å². The fourth-order valence-corrected chi connectivity index (χ4v) is 2.25. The Kier molecular flexibility index (Phi) is 4.46. The molecule has 1 saturated heterocycles. The van der Waals surface area contributed by atoms with Gasteiger partial charge in [-0.25, -0.2) is 9.97 Å². The van der Waals surface area contributed by atoms with Gasteiger partial charge in [-0.15, -0.1) is 0 Å². The van der Waals surface area contributed by atoms with E-state index in [9.17, 15) is 4.79 Å². The third-order valence-electron chi connectivity index (χ3n) is 3.25. The summed E-state index contributed by atoms with van der Waals surface area (Å²) in [6, 6.07) is 0. The van der Waals surface area contributed by atoms with Gasteiger partial charge >= 0.3 is 0 Å². The molecule has 0 saturated carbocycles. The highest BCUT2D eigenvalue weighted by Crippen LogP contribution is 2.20. The number of hydrogen-bond acceptors (Lipinski definition) is 5. The largest absolute Gasteiger partial charge is 0.341 e. The third kappa shape index (κ3) is 3.16. The number of rotatable bonds is 5. The zero-order valence-corrected chi connectivity index (χ0v) is 10.6. The van der Waals surface area contributed by atoms with Gasteiger partial charge < -0.3 is 15.5 Å². The van der Waals surface area contributed by atoms with Crippen molar-refractivity contribution in [3.63, 3.8) is 0 Å². The van der Waals surface area contributed by atoms with Crippen LogP contribution in [-0.4, -0.2) is 43.1 Å². The van der Waals surface area contributed by atoms with E-state index in [1.54, 1.807) is 12.4 Å². The number of carbonyl (C=O) groups is 1. The number of piperidine rings is 1. The molecule has 1 aliphatic rings. The average molecular weight is 249 g/mol. The monoisotopic (exact) mass is 249 g/mol. The second-order valence-corrected chi connectivity index (χ2v) is 4.52. The lowest BCUT2D eigenvalue weighted by atomic mass is 9.97. The molecule has 1 aromatic rings. The Morgan fingerprint density at radius 1 is 1.39 bits per heavy atom. The van der Waals surface area contributed by atoms with Crippen LogP contribution in [0.1, 0.15) is 12.8 Å². The van der Waals surface area contributed by atoms with Gasteiger partial charge in [-0.2, -0.15) is 0 Å². The summed E-state index contributed by atoms with van der Waals surface area (Å²) in [6.07, 6.45) is 6.23. The first-order valence-corrected chi connectivity index (χ1v) is 6.25. The number of nitrogens with one attached hydrogen (secondary N) is 2. The molecular weight excluding hydrogens is 230 g/mol. The summed E-state index contributed by atoms with van der Waals surface area (Å²) in [5.41, 5.74) is 0.624. The molecule has 1 fully saturated rings. The summed E-state index contributed by atoms with van der Waals surface area (Å²) in [7, 11) is 1.99. The van der Waals surface area contributed by atoms with E-state index in [2.05, 4.69) is 25.5 Å². The molecule has 98 valence electrons. The number of anilines is 2. The van der Waals surface area contributed by atoms with E-state index in [1.807, 2.05) is 7.05 Å². The zero-order chi connectivity index (χ0) is 12.8. The number of amides is 1. The molecule has 0 atom stereocenters. The number of nitrogens with zero attached hydrogens (tertiary/aromatic N) is 3. The second kappa shape index (κ2) is 6.30. The van der Waals surface area contributed by atoms with Crippen molar-refractivity contribution in [1.82, 2.24) is 15.3 Å². The molecule has 1 aromatic heterocycles. The average Bonchev–Trinajstić information content (AvgIpc) is 2.41. The molecule has 0 bridgehead atoms. The van der Waals surface area contributed by atoms with E-state index < -0.39 is 0 Å². The van der Waals surface area contributed by atoms with Gasteiger partial charge in [0.25, 0.3) is 0 Å². The van der Waals surface area contributed by atoms with Gasteiger partial charge in [0, 0.05) is 13.1 Å². The SMILES string of the molecule is CNCC1CCN(c2ncc(NC=O)cn2)CC1. The van der Waals surface area contributed by atoms with Gasteiger partial charge in [0.2, 0.25) is 12.4 Å². The minimum absolute atomic E-state index is 0.624. The van der Waals surface area contributed by atoms with Crippen LogP contribution in [0.2, 0.25) is 0 Å². The minimum Gasteiger partial charge on any atom is -0.341 e. The van der Waals surface area contributed by atoms with Crippen molar-refractivity contribution in [3.05, 3.63) is 12.4 Å². The van der Waals surface area contributed by atoms with Crippen molar-refractivity contribution in [2.75, 3.05) is 36.9 Å². The standard InChI is InChI=1S/C12H19N5O/c1-13-6-10-2-4-17(5-3-10)12-14-7-11(8-15-12)16-9-18/h7-10,13H,2-6H2,1H3,(H,16,18). The summed E-state index contributed by atoms with van der Waals surface area (Å²) in [5.74, 6) is 1.50. The highest BCUT2D eigenvalue weighted by molar-refractivity contribution is 5.70. The molecule has 0 aliphatic carbocycles. The van der Waals surface area contributed by atoms with Crippen molar-refractivity contribution in [1.29, 1.82) is 0 Å². The molecule has 0 aromatic carbocycles. The Morgan fingerprint density at radius 2 is 2.06 bits per heavy atom. The lowest BCUT2D eigenvalue weighted by Crippen LogP contribution is -2.37. The van der Waals surface area contributed by atoms with Gasteiger partial charge in [-0.05, 0) is 32.4 Å². The zero-order valence-electron chi connectivity index (χ0n) is 10.6. The van der Waals surface area contributed by atoms with Crippen molar-refractivity contribution in [3.8, 4) is 0 Å². The van der Waals surface area contributed by atoms with Crippen LogP contribution in [0.25, 0.3) is 0 Å². The van der Waals surface area contributed by atoms with Gasteiger partial charge in [-0.3, -0.25) is 4.79 Å². The molecule has 2 rings (SSSR count). The molecule has 2 N–H and O–H groups in total. The number of carbonyl (C=O) groups excluding carboxylic acids is 1. The Morgan fingerprint density at radius 3 is 2.61 bits per heavy atom. The van der Waals surface area contributed by atoms with Crippen LogP contribution in [0.5, 0.6) is 0 Å². The summed E-state index contributed by atoms with van der Waals surface area (Å²) in [6.45, 7) is 3.07. The third-order valence-corrected chi connectivity index (χ3v) is 3.25. The van der Waals surface area contributed by atoms with E-state index in [-0.39, 0.29) is 0 Å². The minimum atomic E-state index is 0.624. The van der Waals surface area contributed by atoms with Crippen LogP contribution in [0.4, 0.5) is 11.6 Å². The van der Waals surface area contributed by atoms with Crippen LogP contribution < -0.4 is 15.5 Å². The Labute approximate surface area is 107 Å². The number of hydrogen-bond donors (Lipinski definition) is 2.